The molecule has 9 aromatic heterocycles. The molecule has 0 radical (unpaired) electrons. The summed E-state index contributed by atoms with van der Waals surface area (Å²) in [5, 5.41) is 13.9. The van der Waals surface area contributed by atoms with E-state index < -0.39 is 208 Å². The first-order chi connectivity index (χ1) is 66.5. The molecule has 28 nitrogen and oxygen atoms in total. The van der Waals surface area contributed by atoms with E-state index in [1.54, 1.807) is 78.6 Å². The van der Waals surface area contributed by atoms with Gasteiger partial charge in [0.2, 0.25) is 0 Å². The maximum absolute atomic E-state index is 15.0. The zero-order valence-corrected chi connectivity index (χ0v) is 75.5. The summed E-state index contributed by atoms with van der Waals surface area (Å²) < 4.78 is 291. The van der Waals surface area contributed by atoms with Crippen LogP contribution < -0.4 is 53.5 Å². The molecule has 0 saturated carbocycles. The lowest BCUT2D eigenvalue weighted by Crippen LogP contribution is -2.44. The van der Waals surface area contributed by atoms with Crippen LogP contribution in [-0.2, 0) is 68.1 Å². The Hall–Kier alpha value is -15.8. The van der Waals surface area contributed by atoms with Crippen LogP contribution in [0.15, 0.2) is 174 Å². The molecule has 3 amide bonds. The Morgan fingerprint density at radius 1 is 0.426 bits per heavy atom. The Balaban J connectivity index is 0.000000189. The summed E-state index contributed by atoms with van der Waals surface area (Å²) in [5.41, 5.74) is 2.87. The SMILES string of the molecule is CC[C@@H](Nc1cc(F)c(C(=O)N[C@@H](Cc2ccc(-c3c(C)c4cc(F)ccc4n(C)c3=O)c3nccn23)C(=O)OC)c(F)c1)C(F)(F)F.CC[C@@H](Nc1cc(F)c(C(=O)N[C@@H](Cc2ccc(-c3c(OC)c4ccccc4n(C)c3=O)c3nccn23)C(=O)OC)c(F)c1)C(F)(F)F.CC[C@@H](Nc1cc(F)c(C(=O)N[C@@H](Cc2ccc(-c3nc(N)ccc3C(F)(F)F)c3nccn23)C(=O)OC)c(F)c1)C(F)(F)F. The number of alkyl halides is 12. The van der Waals surface area contributed by atoms with E-state index in [1.165, 1.54) is 96.5 Å². The highest BCUT2D eigenvalue weighted by atomic mass is 19.4. The van der Waals surface area contributed by atoms with Gasteiger partial charge in [-0.05, 0) is 147 Å². The summed E-state index contributed by atoms with van der Waals surface area (Å²) in [7, 11) is 7.73. The summed E-state index contributed by atoms with van der Waals surface area (Å²) in [5.74, 6) is -16.2. The number of benzene rings is 5. The van der Waals surface area contributed by atoms with Gasteiger partial charge >= 0.3 is 42.6 Å². The lowest BCUT2D eigenvalue weighted by atomic mass is 9.98. The molecule has 0 spiro atoms. The third-order valence-electron chi connectivity index (χ3n) is 22.8. The standard InChI is InChI=1S/C33H29F6N5O4.C33H30F5N5O5.C28H24F8N6O3/c1-5-26(33(37,38)39)41-18-13-22(35)28(23(36)14-18)30(45)42-24(32(47)48-4)15-19-7-8-20(29-40-10-11-44(19)29)27-16(2)21-12-17(34)6-9-25(21)43(3)31(27)46;1-5-25(33(36,37)38)40-17-14-21(34)27(22(35)15-17)30(44)41-23(32(46)48-4)16-18-10-11-20(29-39-12-13-43(18)29)26-28(47-3)19-8-6-7-9-24(19)42(2)31(26)45;1-3-20(28(34,35)36)39-13-10-17(29)22(18(30)11-13)25(43)40-19(26(44)45-2)12-14-4-5-15(24-38-8-9-42(14)24)23-16(27(31,32)33)6-7-21(37)41-23/h6-14,24,26,41H,5,15H2,1-4H3,(H,42,45);6-15,23,25,40H,5,16H2,1-4H3,(H,41,44);4-11,19-20,39H,3,12H2,1-2H3,(H2,37,41)(H,40,43)/t24-,26+;23-,25+;19-,20+/m000/s1. The number of amides is 3. The van der Waals surface area contributed by atoms with Crippen LogP contribution in [0.2, 0.25) is 0 Å². The summed E-state index contributed by atoms with van der Waals surface area (Å²) in [6, 6.07) is 14.5. The average molecular weight is 1990 g/mol. The van der Waals surface area contributed by atoms with Crippen molar-refractivity contribution in [3.05, 3.63) is 271 Å². The minimum atomic E-state index is -4.78. The van der Waals surface area contributed by atoms with Gasteiger partial charge in [-0.2, -0.15) is 52.7 Å². The first-order valence-corrected chi connectivity index (χ1v) is 42.3. The number of nitrogens with zero attached hydrogens (tertiary/aromatic N) is 9. The van der Waals surface area contributed by atoms with E-state index in [0.717, 1.165) is 33.5 Å². The van der Waals surface area contributed by atoms with Crippen molar-refractivity contribution in [2.24, 2.45) is 14.1 Å². The molecular formula is C94H83F19N16O12. The number of para-hydroxylation sites is 1. The summed E-state index contributed by atoms with van der Waals surface area (Å²) in [6.07, 6.45) is -12.4. The first-order valence-electron chi connectivity index (χ1n) is 42.3. The van der Waals surface area contributed by atoms with Crippen LogP contribution in [0.25, 0.3) is 72.3 Å². The zero-order valence-electron chi connectivity index (χ0n) is 75.5. The number of nitrogens with one attached hydrogen (secondary N) is 6. The lowest BCUT2D eigenvalue weighted by Gasteiger charge is -2.22. The summed E-state index contributed by atoms with van der Waals surface area (Å²) >= 11 is 0. The first kappa shape index (κ1) is 104. The molecule has 47 heteroatoms. The van der Waals surface area contributed by atoms with Gasteiger partial charge in [-0.15, -0.1) is 0 Å². The number of halogens is 19. The second kappa shape index (κ2) is 42.3. The summed E-state index contributed by atoms with van der Waals surface area (Å²) in [4.78, 5) is 121. The van der Waals surface area contributed by atoms with Crippen molar-refractivity contribution >= 4 is 97.3 Å². The van der Waals surface area contributed by atoms with Crippen molar-refractivity contribution in [1.29, 1.82) is 0 Å². The van der Waals surface area contributed by atoms with Gasteiger partial charge in [0.15, 0.2) is 0 Å². The van der Waals surface area contributed by atoms with Crippen molar-refractivity contribution in [2.75, 3.05) is 50.1 Å². The van der Waals surface area contributed by atoms with Crippen LogP contribution in [0.5, 0.6) is 5.75 Å². The van der Waals surface area contributed by atoms with E-state index >= 15 is 0 Å². The van der Waals surface area contributed by atoms with Gasteiger partial charge in [-0.25, -0.2) is 65.1 Å². The zero-order chi connectivity index (χ0) is 103. The Kier molecular flexibility index (Phi) is 31.2. The number of nitrogens with two attached hydrogens (primary N) is 1. The van der Waals surface area contributed by atoms with E-state index in [4.69, 9.17) is 24.7 Å². The van der Waals surface area contributed by atoms with Crippen LogP contribution in [0.3, 0.4) is 0 Å². The smallest absolute Gasteiger partial charge is 0.418 e. The highest BCUT2D eigenvalue weighted by molar-refractivity contribution is 6.01. The van der Waals surface area contributed by atoms with Gasteiger partial charge in [0.1, 0.15) is 122 Å². The van der Waals surface area contributed by atoms with E-state index in [1.807, 2.05) is 28.1 Å². The number of carbonyl (C=O) groups excluding carboxylic acids is 6. The van der Waals surface area contributed by atoms with E-state index in [0.29, 0.717) is 103 Å². The molecule has 0 saturated heterocycles. The van der Waals surface area contributed by atoms with Gasteiger partial charge in [0.05, 0.1) is 61.9 Å². The Morgan fingerprint density at radius 3 is 1.11 bits per heavy atom. The van der Waals surface area contributed by atoms with Gasteiger partial charge < -0.3 is 78.9 Å². The quantitative estimate of drug-likeness (QED) is 0.0136. The Morgan fingerprint density at radius 2 is 0.766 bits per heavy atom. The molecule has 9 heterocycles. The van der Waals surface area contributed by atoms with Crippen LogP contribution in [-0.4, -0.2) is 161 Å². The maximum Gasteiger partial charge on any atom is 0.418 e. The molecule has 0 aliphatic rings. The molecule has 5 aromatic carbocycles. The number of aromatic nitrogens is 9. The van der Waals surface area contributed by atoms with Crippen molar-refractivity contribution < 1.29 is 131 Å². The molecule has 0 aliphatic carbocycles. The fourth-order valence-electron chi connectivity index (χ4n) is 15.9. The topological polar surface area (TPSA) is 346 Å². The Bertz CT molecular complexity index is 7230. The number of carbonyl (C=O) groups is 6. The van der Waals surface area contributed by atoms with Gasteiger partial charge in [-0.1, -0.05) is 32.9 Å². The number of anilines is 4. The normalized spacial score (nSPS) is 13.1. The number of esters is 3. The molecule has 0 unspecified atom stereocenters. The fourth-order valence-corrected chi connectivity index (χ4v) is 15.9. The molecule has 0 fully saturated rings. The predicted octanol–water partition coefficient (Wildman–Crippen LogP) is 16.8. The third-order valence-corrected chi connectivity index (χ3v) is 22.8. The van der Waals surface area contributed by atoms with E-state index in [-0.39, 0.29) is 57.8 Å². The average Bonchev–Trinajstić information content (AvgIpc) is 1.72. The molecule has 744 valence electrons. The molecule has 0 aliphatic heterocycles. The second-order valence-electron chi connectivity index (χ2n) is 31.7. The number of aryl methyl sites for hydroxylation is 3. The van der Waals surface area contributed by atoms with Crippen LogP contribution in [0, 0.1) is 47.6 Å². The number of fused-ring (bicyclic) bond motifs is 5. The second-order valence-corrected chi connectivity index (χ2v) is 31.7. The number of hydrogen-bond donors (Lipinski definition) is 7. The number of imidazole rings is 3. The fraction of sp³-hybridized carbons (Fsp3) is 0.277. The number of ether oxygens (including phenoxy) is 4. The Labute approximate surface area is 785 Å². The number of hydrogen-bond acceptors (Lipinski definition) is 20. The molecule has 14 aromatic rings. The molecule has 0 bridgehead atoms. The number of methoxy groups -OCH3 is 4. The third kappa shape index (κ3) is 22.3. The minimum absolute atomic E-state index is 0.0181. The largest absolute Gasteiger partial charge is 0.495 e. The minimum Gasteiger partial charge on any atom is -0.495 e. The van der Waals surface area contributed by atoms with Crippen LogP contribution in [0.4, 0.5) is 106 Å². The monoisotopic (exact) mass is 1990 g/mol. The molecule has 6 atom stereocenters. The van der Waals surface area contributed by atoms with Crippen LogP contribution in [0.1, 0.15) is 99.3 Å². The highest BCUT2D eigenvalue weighted by Gasteiger charge is 2.43. The number of nitrogen functional groups attached to an aromatic ring is 1. The lowest BCUT2D eigenvalue weighted by molar-refractivity contribution is -0.143. The van der Waals surface area contributed by atoms with Crippen molar-refractivity contribution in [2.45, 2.75) is 127 Å². The molecule has 8 N–H and O–H groups in total. The number of rotatable bonds is 28. The van der Waals surface area contributed by atoms with Crippen molar-refractivity contribution in [3.8, 4) is 39.3 Å². The van der Waals surface area contributed by atoms with Crippen molar-refractivity contribution in [1.82, 2.24) is 58.2 Å². The maximum atomic E-state index is 15.0. The summed E-state index contributed by atoms with van der Waals surface area (Å²) in [6.45, 7) is 5.39. The van der Waals surface area contributed by atoms with Gasteiger partial charge in [-0.3, -0.25) is 24.0 Å². The van der Waals surface area contributed by atoms with E-state index in [2.05, 4.69) is 35.9 Å². The van der Waals surface area contributed by atoms with Crippen LogP contribution >= 0.6 is 0 Å². The van der Waals surface area contributed by atoms with Gasteiger partial charge in [0.25, 0.3) is 28.8 Å². The number of pyridine rings is 6. The molecule has 14 rings (SSSR count). The van der Waals surface area contributed by atoms with Crippen molar-refractivity contribution in [3.63, 3.8) is 0 Å². The highest BCUT2D eigenvalue weighted by Crippen LogP contribution is 2.42. The predicted molar refractivity (Wildman–Crippen MR) is 477 cm³/mol. The molecular weight excluding hydrogens is 1910 g/mol. The van der Waals surface area contributed by atoms with Gasteiger partial charge in [0, 0.05) is 132 Å². The van der Waals surface area contributed by atoms with E-state index in [9.17, 15) is 122 Å². The molecule has 141 heavy (non-hydrogen) atoms.